The van der Waals surface area contributed by atoms with Gasteiger partial charge in [-0.15, -0.1) is 0 Å². The van der Waals surface area contributed by atoms with Gasteiger partial charge >= 0.3 is 0 Å². The third-order valence-electron chi connectivity index (χ3n) is 4.63. The highest BCUT2D eigenvalue weighted by atomic mass is 19.3. The van der Waals surface area contributed by atoms with Gasteiger partial charge in [-0.3, -0.25) is 0 Å². The maximum Gasteiger partial charge on any atom is 0.270 e. The van der Waals surface area contributed by atoms with E-state index in [1.165, 1.54) is 12.1 Å². The second-order valence-electron chi connectivity index (χ2n) is 6.84. The Morgan fingerprint density at radius 3 is 2.21 bits per heavy atom. The van der Waals surface area contributed by atoms with Crippen molar-refractivity contribution in [3.05, 3.63) is 64.2 Å². The zero-order chi connectivity index (χ0) is 17.5. The Hall–Kier alpha value is -2.34. The lowest BCUT2D eigenvalue weighted by Gasteiger charge is -2.13. The van der Waals surface area contributed by atoms with Crippen molar-refractivity contribution in [2.24, 2.45) is 0 Å². The van der Waals surface area contributed by atoms with Gasteiger partial charge in [-0.1, -0.05) is 42.2 Å². The van der Waals surface area contributed by atoms with E-state index in [4.69, 9.17) is 5.73 Å². The lowest BCUT2D eigenvalue weighted by Crippen LogP contribution is -2.09. The Bertz CT molecular complexity index is 806. The number of rotatable bonds is 2. The van der Waals surface area contributed by atoms with Gasteiger partial charge in [0, 0.05) is 18.2 Å². The van der Waals surface area contributed by atoms with E-state index < -0.39 is 5.92 Å². The molecule has 0 amide bonds. The zero-order valence-electron chi connectivity index (χ0n) is 14.2. The Morgan fingerprint density at radius 2 is 1.71 bits per heavy atom. The molecule has 3 rings (SSSR count). The molecule has 0 unspecified atom stereocenters. The summed E-state index contributed by atoms with van der Waals surface area (Å²) in [6, 6.07) is 10.6. The number of nitrogen functional groups attached to an aromatic ring is 1. The molecular weight excluding hydrogens is 304 g/mol. The number of hydrogen-bond acceptors (Lipinski definition) is 1. The molecule has 0 saturated heterocycles. The van der Waals surface area contributed by atoms with Gasteiger partial charge in [-0.2, -0.15) is 0 Å². The van der Waals surface area contributed by atoms with E-state index in [9.17, 15) is 8.78 Å². The van der Waals surface area contributed by atoms with E-state index >= 15 is 0 Å². The molecule has 1 nitrogen and oxygen atoms in total. The third kappa shape index (κ3) is 3.14. The van der Waals surface area contributed by atoms with Crippen LogP contribution in [0.3, 0.4) is 0 Å². The molecule has 1 aliphatic carbocycles. The van der Waals surface area contributed by atoms with Crippen molar-refractivity contribution < 1.29 is 8.78 Å². The summed E-state index contributed by atoms with van der Waals surface area (Å²) in [5.41, 5.74) is 10.7. The van der Waals surface area contributed by atoms with Crippen LogP contribution in [-0.2, 0) is 11.3 Å². The third-order valence-corrected chi connectivity index (χ3v) is 4.63. The first-order valence-electron chi connectivity index (χ1n) is 8.10. The highest BCUT2D eigenvalue weighted by Crippen LogP contribution is 2.48. The van der Waals surface area contributed by atoms with E-state index in [-0.39, 0.29) is 11.0 Å². The van der Waals surface area contributed by atoms with Crippen molar-refractivity contribution in [2.75, 3.05) is 5.73 Å². The van der Waals surface area contributed by atoms with Crippen molar-refractivity contribution in [3.63, 3.8) is 0 Å². The fraction of sp³-hybridized carbons (Fsp3) is 0.333. The van der Waals surface area contributed by atoms with Crippen LogP contribution in [0.15, 0.2) is 36.4 Å². The molecule has 1 saturated carbocycles. The van der Waals surface area contributed by atoms with Crippen molar-refractivity contribution in [2.45, 2.75) is 45.0 Å². The molecule has 124 valence electrons. The molecule has 0 spiro atoms. The molecule has 2 aromatic carbocycles. The summed E-state index contributed by atoms with van der Waals surface area (Å²) >= 11 is 0. The minimum atomic E-state index is -2.81. The largest absolute Gasteiger partial charge is 0.398 e. The summed E-state index contributed by atoms with van der Waals surface area (Å²) in [6.07, 6.45) is 1.90. The summed E-state index contributed by atoms with van der Waals surface area (Å²) < 4.78 is 26.7. The summed E-state index contributed by atoms with van der Waals surface area (Å²) in [5, 5.41) is 0. The molecule has 24 heavy (non-hydrogen) atoms. The highest BCUT2D eigenvalue weighted by Gasteiger charge is 2.43. The summed E-state index contributed by atoms with van der Waals surface area (Å²) in [6.45, 7) is 4.93. The molecule has 0 aromatic heterocycles. The van der Waals surface area contributed by atoms with Crippen molar-refractivity contribution in [3.8, 4) is 11.8 Å². The van der Waals surface area contributed by atoms with Gasteiger partial charge in [0.1, 0.15) is 0 Å². The Labute approximate surface area is 141 Å². The fourth-order valence-electron chi connectivity index (χ4n) is 3.05. The van der Waals surface area contributed by atoms with E-state index in [1.807, 2.05) is 19.9 Å². The molecule has 1 aliphatic rings. The normalized spacial score (nSPS) is 15.5. The fourth-order valence-corrected chi connectivity index (χ4v) is 3.05. The minimum Gasteiger partial charge on any atom is -0.398 e. The number of aryl methyl sites for hydroxylation is 2. The molecule has 0 heterocycles. The van der Waals surface area contributed by atoms with E-state index in [1.54, 1.807) is 12.1 Å². The molecule has 2 aromatic rings. The van der Waals surface area contributed by atoms with Gasteiger partial charge in [-0.05, 0) is 49.4 Å². The van der Waals surface area contributed by atoms with Gasteiger partial charge in [0.2, 0.25) is 0 Å². The molecule has 1 fully saturated rings. The summed E-state index contributed by atoms with van der Waals surface area (Å²) in [4.78, 5) is 0. The van der Waals surface area contributed by atoms with Crippen LogP contribution < -0.4 is 5.73 Å². The maximum absolute atomic E-state index is 13.3. The van der Waals surface area contributed by atoms with Crippen LogP contribution in [0, 0.1) is 25.7 Å². The standard InChI is InChI=1S/C21H21F2N/c1-14-12-15(2)18(19(24)13-14)8-9-21(10-11-21)17-6-4-16(5-7-17)20(3,22)23/h4-7,12-13H,10-11,24H2,1-3H3. The smallest absolute Gasteiger partial charge is 0.270 e. The number of alkyl halides is 2. The van der Waals surface area contributed by atoms with Gasteiger partial charge in [0.15, 0.2) is 0 Å². The van der Waals surface area contributed by atoms with Crippen LogP contribution in [-0.4, -0.2) is 0 Å². The Morgan fingerprint density at radius 1 is 1.08 bits per heavy atom. The summed E-state index contributed by atoms with van der Waals surface area (Å²) in [7, 11) is 0. The van der Waals surface area contributed by atoms with Crippen LogP contribution in [0.5, 0.6) is 0 Å². The van der Waals surface area contributed by atoms with Gasteiger partial charge < -0.3 is 5.73 Å². The van der Waals surface area contributed by atoms with E-state index in [0.717, 1.165) is 42.0 Å². The monoisotopic (exact) mass is 325 g/mol. The van der Waals surface area contributed by atoms with Gasteiger partial charge in [0.25, 0.3) is 5.92 Å². The molecule has 2 N–H and O–H groups in total. The van der Waals surface area contributed by atoms with Crippen LogP contribution in [0.25, 0.3) is 0 Å². The SMILES string of the molecule is Cc1cc(C)c(C#CC2(c3ccc(C(C)(F)F)cc3)CC2)c(N)c1. The summed E-state index contributed by atoms with van der Waals surface area (Å²) in [5.74, 6) is 3.76. The molecule has 0 bridgehead atoms. The molecule has 0 aliphatic heterocycles. The predicted octanol–water partition coefficient (Wildman–Crippen LogP) is 5.08. The van der Waals surface area contributed by atoms with Gasteiger partial charge in [0.05, 0.1) is 11.0 Å². The average Bonchev–Trinajstić information content (AvgIpc) is 3.26. The molecule has 0 atom stereocenters. The minimum absolute atomic E-state index is 0.0358. The maximum atomic E-state index is 13.3. The first-order chi connectivity index (χ1) is 11.2. The van der Waals surface area contributed by atoms with Gasteiger partial charge in [-0.25, -0.2) is 8.78 Å². The second-order valence-corrected chi connectivity index (χ2v) is 6.84. The first kappa shape index (κ1) is 16.5. The molecular formula is C21H21F2N. The topological polar surface area (TPSA) is 26.0 Å². The number of benzene rings is 2. The average molecular weight is 325 g/mol. The number of hydrogen-bond donors (Lipinski definition) is 1. The van der Waals surface area contributed by atoms with E-state index in [2.05, 4.69) is 17.9 Å². The quantitative estimate of drug-likeness (QED) is 0.605. The van der Waals surface area contributed by atoms with Crippen LogP contribution >= 0.6 is 0 Å². The van der Waals surface area contributed by atoms with Crippen molar-refractivity contribution in [1.82, 2.24) is 0 Å². The number of halogens is 2. The Balaban J connectivity index is 1.92. The van der Waals surface area contributed by atoms with Crippen LogP contribution in [0.1, 0.15) is 47.6 Å². The highest BCUT2D eigenvalue weighted by molar-refractivity contribution is 5.62. The lowest BCUT2D eigenvalue weighted by atomic mass is 9.93. The molecule has 0 radical (unpaired) electrons. The number of anilines is 1. The van der Waals surface area contributed by atoms with Crippen molar-refractivity contribution >= 4 is 5.69 Å². The predicted molar refractivity (Wildman–Crippen MR) is 94.1 cm³/mol. The van der Waals surface area contributed by atoms with Crippen molar-refractivity contribution in [1.29, 1.82) is 0 Å². The lowest BCUT2D eigenvalue weighted by molar-refractivity contribution is 0.0174. The second kappa shape index (κ2) is 5.63. The molecule has 3 heteroatoms. The zero-order valence-corrected chi connectivity index (χ0v) is 14.2. The van der Waals surface area contributed by atoms with E-state index in [0.29, 0.717) is 5.69 Å². The Kier molecular flexibility index (Phi) is 3.87. The van der Waals surface area contributed by atoms with Crippen LogP contribution in [0.4, 0.5) is 14.5 Å². The first-order valence-corrected chi connectivity index (χ1v) is 8.10. The number of nitrogens with two attached hydrogens (primary N) is 1. The van der Waals surface area contributed by atoms with Crippen LogP contribution in [0.2, 0.25) is 0 Å².